The first-order valence-electron chi connectivity index (χ1n) is 9.45. The first-order chi connectivity index (χ1) is 13.3. The van der Waals surface area contributed by atoms with Crippen molar-refractivity contribution in [2.45, 2.75) is 25.6 Å². The lowest BCUT2D eigenvalue weighted by atomic mass is 10.0. The number of aromatic nitrogens is 1. The zero-order valence-electron chi connectivity index (χ0n) is 16.0. The molecule has 4 nitrogen and oxygen atoms in total. The number of nitrogens with zero attached hydrogens (tertiary/aromatic N) is 2. The van der Waals surface area contributed by atoms with Crippen LogP contribution in [0.25, 0.3) is 0 Å². The van der Waals surface area contributed by atoms with E-state index < -0.39 is 0 Å². The van der Waals surface area contributed by atoms with Gasteiger partial charge in [0.05, 0.1) is 20.3 Å². The van der Waals surface area contributed by atoms with Crippen LogP contribution in [-0.2, 0) is 13.1 Å². The Morgan fingerprint density at radius 3 is 2.56 bits per heavy atom. The predicted molar refractivity (Wildman–Crippen MR) is 107 cm³/mol. The predicted octanol–water partition coefficient (Wildman–Crippen LogP) is 4.50. The number of hydrogen-bond acceptors (Lipinski definition) is 3. The highest BCUT2D eigenvalue weighted by atomic mass is 16.5. The largest absolute Gasteiger partial charge is 0.497 e. The standard InChI is InChI=1S/C23H26N2O2/c1-26-20-11-12-22(27-2)19(16-20)17-25-15-7-14-24-13-6-10-21(24)23(25)18-8-4-3-5-9-18/h3-6,8-13,16,23H,7,14-15,17H2,1-2H3/t23-/m1/s1. The number of methoxy groups -OCH3 is 2. The third-order valence-corrected chi connectivity index (χ3v) is 5.33. The van der Waals surface area contributed by atoms with Crippen molar-refractivity contribution in [2.24, 2.45) is 0 Å². The average Bonchev–Trinajstić information content (AvgIpc) is 3.10. The van der Waals surface area contributed by atoms with Crippen molar-refractivity contribution in [2.75, 3.05) is 20.8 Å². The fourth-order valence-corrected chi connectivity index (χ4v) is 4.05. The number of rotatable bonds is 5. The molecule has 0 fully saturated rings. The van der Waals surface area contributed by atoms with Crippen molar-refractivity contribution in [3.8, 4) is 11.5 Å². The molecule has 0 amide bonds. The summed E-state index contributed by atoms with van der Waals surface area (Å²) in [5.41, 5.74) is 3.82. The third kappa shape index (κ3) is 3.58. The van der Waals surface area contributed by atoms with Crippen LogP contribution in [0.5, 0.6) is 11.5 Å². The zero-order chi connectivity index (χ0) is 18.6. The molecule has 0 aliphatic carbocycles. The van der Waals surface area contributed by atoms with E-state index in [2.05, 4.69) is 64.2 Å². The van der Waals surface area contributed by atoms with Crippen LogP contribution < -0.4 is 9.47 Å². The first kappa shape index (κ1) is 17.7. The summed E-state index contributed by atoms with van der Waals surface area (Å²) in [6.45, 7) is 2.89. The van der Waals surface area contributed by atoms with Crippen molar-refractivity contribution in [3.05, 3.63) is 83.7 Å². The lowest BCUT2D eigenvalue weighted by Gasteiger charge is -2.31. The molecule has 0 saturated carbocycles. The Bertz CT molecular complexity index is 888. The van der Waals surface area contributed by atoms with Crippen molar-refractivity contribution >= 4 is 0 Å². The number of ether oxygens (including phenoxy) is 2. The van der Waals surface area contributed by atoms with Gasteiger partial charge in [0.25, 0.3) is 0 Å². The summed E-state index contributed by atoms with van der Waals surface area (Å²) >= 11 is 0. The van der Waals surface area contributed by atoms with E-state index in [1.807, 2.05) is 12.1 Å². The van der Waals surface area contributed by atoms with Gasteiger partial charge in [0.15, 0.2) is 0 Å². The summed E-state index contributed by atoms with van der Waals surface area (Å²) in [4.78, 5) is 2.55. The van der Waals surface area contributed by atoms with Gasteiger partial charge in [0, 0.05) is 37.1 Å². The number of aryl methyl sites for hydroxylation is 1. The van der Waals surface area contributed by atoms with Crippen LogP contribution in [0.1, 0.15) is 29.3 Å². The van der Waals surface area contributed by atoms with E-state index >= 15 is 0 Å². The van der Waals surface area contributed by atoms with Gasteiger partial charge in [-0.1, -0.05) is 30.3 Å². The van der Waals surface area contributed by atoms with Gasteiger partial charge >= 0.3 is 0 Å². The Hall–Kier alpha value is -2.72. The van der Waals surface area contributed by atoms with Crippen LogP contribution in [0.4, 0.5) is 0 Å². The second-order valence-electron chi connectivity index (χ2n) is 6.94. The van der Waals surface area contributed by atoms with Gasteiger partial charge in [-0.3, -0.25) is 4.90 Å². The fraction of sp³-hybridized carbons (Fsp3) is 0.304. The van der Waals surface area contributed by atoms with Gasteiger partial charge < -0.3 is 14.0 Å². The van der Waals surface area contributed by atoms with E-state index in [-0.39, 0.29) is 6.04 Å². The zero-order valence-corrected chi connectivity index (χ0v) is 16.0. The molecule has 0 unspecified atom stereocenters. The highest BCUT2D eigenvalue weighted by Crippen LogP contribution is 2.35. The molecule has 2 heterocycles. The normalized spacial score (nSPS) is 17.2. The summed E-state index contributed by atoms with van der Waals surface area (Å²) in [5.74, 6) is 1.77. The van der Waals surface area contributed by atoms with Gasteiger partial charge in [-0.2, -0.15) is 0 Å². The molecular formula is C23H26N2O2. The van der Waals surface area contributed by atoms with Gasteiger partial charge in [-0.15, -0.1) is 0 Å². The second-order valence-corrected chi connectivity index (χ2v) is 6.94. The number of hydrogen-bond donors (Lipinski definition) is 0. The maximum Gasteiger partial charge on any atom is 0.123 e. The molecular weight excluding hydrogens is 336 g/mol. The maximum atomic E-state index is 5.63. The summed E-state index contributed by atoms with van der Waals surface area (Å²) in [6.07, 6.45) is 3.32. The Morgan fingerprint density at radius 2 is 1.78 bits per heavy atom. The molecule has 140 valence electrons. The molecule has 27 heavy (non-hydrogen) atoms. The molecule has 4 rings (SSSR count). The Morgan fingerprint density at radius 1 is 0.926 bits per heavy atom. The smallest absolute Gasteiger partial charge is 0.123 e. The van der Waals surface area contributed by atoms with Gasteiger partial charge in [-0.05, 0) is 42.3 Å². The van der Waals surface area contributed by atoms with E-state index in [0.29, 0.717) is 0 Å². The second kappa shape index (κ2) is 7.89. The Kier molecular flexibility index (Phi) is 5.16. The minimum atomic E-state index is 0.222. The van der Waals surface area contributed by atoms with Gasteiger partial charge in [0.1, 0.15) is 11.5 Å². The molecule has 2 aromatic carbocycles. The third-order valence-electron chi connectivity index (χ3n) is 5.33. The lowest BCUT2D eigenvalue weighted by molar-refractivity contribution is 0.217. The molecule has 1 aliphatic heterocycles. The molecule has 0 N–H and O–H groups in total. The van der Waals surface area contributed by atoms with E-state index in [9.17, 15) is 0 Å². The average molecular weight is 362 g/mol. The van der Waals surface area contributed by atoms with E-state index in [4.69, 9.17) is 9.47 Å². The molecule has 1 aliphatic rings. The fourth-order valence-electron chi connectivity index (χ4n) is 4.05. The quantitative estimate of drug-likeness (QED) is 0.668. The molecule has 1 atom stereocenters. The minimum Gasteiger partial charge on any atom is -0.497 e. The van der Waals surface area contributed by atoms with Crippen LogP contribution in [0.2, 0.25) is 0 Å². The van der Waals surface area contributed by atoms with Crippen LogP contribution in [-0.4, -0.2) is 30.2 Å². The summed E-state index contributed by atoms with van der Waals surface area (Å²) in [5, 5.41) is 0. The summed E-state index contributed by atoms with van der Waals surface area (Å²) in [6, 6.07) is 21.4. The first-order valence-corrected chi connectivity index (χ1v) is 9.45. The monoisotopic (exact) mass is 362 g/mol. The molecule has 0 saturated heterocycles. The van der Waals surface area contributed by atoms with Crippen molar-refractivity contribution < 1.29 is 9.47 Å². The van der Waals surface area contributed by atoms with Crippen LogP contribution in [0, 0.1) is 0 Å². The summed E-state index contributed by atoms with van der Waals surface area (Å²) in [7, 11) is 3.44. The molecule has 0 spiro atoms. The van der Waals surface area contributed by atoms with E-state index in [1.165, 1.54) is 11.3 Å². The van der Waals surface area contributed by atoms with Crippen molar-refractivity contribution in [1.82, 2.24) is 9.47 Å². The maximum absolute atomic E-state index is 5.63. The summed E-state index contributed by atoms with van der Waals surface area (Å²) < 4.78 is 13.5. The van der Waals surface area contributed by atoms with Crippen LogP contribution >= 0.6 is 0 Å². The van der Waals surface area contributed by atoms with Crippen molar-refractivity contribution in [1.29, 1.82) is 0 Å². The molecule has 3 aromatic rings. The highest BCUT2D eigenvalue weighted by molar-refractivity contribution is 5.41. The Labute approximate surface area is 161 Å². The molecule has 4 heteroatoms. The topological polar surface area (TPSA) is 26.6 Å². The van der Waals surface area contributed by atoms with Crippen LogP contribution in [0.15, 0.2) is 66.9 Å². The molecule has 0 bridgehead atoms. The molecule has 0 radical (unpaired) electrons. The minimum absolute atomic E-state index is 0.222. The lowest BCUT2D eigenvalue weighted by Crippen LogP contribution is -2.29. The van der Waals surface area contributed by atoms with Crippen LogP contribution in [0.3, 0.4) is 0 Å². The SMILES string of the molecule is COc1ccc(OC)c(CN2CCCn3cccc3[C@H]2c2ccccc2)c1. The highest BCUT2D eigenvalue weighted by Gasteiger charge is 2.28. The Balaban J connectivity index is 1.74. The van der Waals surface area contributed by atoms with Gasteiger partial charge in [0.2, 0.25) is 0 Å². The van der Waals surface area contributed by atoms with Gasteiger partial charge in [-0.25, -0.2) is 0 Å². The number of benzene rings is 2. The number of fused-ring (bicyclic) bond motifs is 1. The van der Waals surface area contributed by atoms with E-state index in [1.54, 1.807) is 14.2 Å². The van der Waals surface area contributed by atoms with E-state index in [0.717, 1.165) is 43.1 Å². The van der Waals surface area contributed by atoms with Crippen molar-refractivity contribution in [3.63, 3.8) is 0 Å². The molecule has 1 aromatic heterocycles.